The molecule has 17 heavy (non-hydrogen) atoms. The van der Waals surface area contributed by atoms with Crippen molar-refractivity contribution in [2.24, 2.45) is 0 Å². The predicted octanol–water partition coefficient (Wildman–Crippen LogP) is 3.56. The monoisotopic (exact) mass is 246 g/mol. The van der Waals surface area contributed by atoms with Crippen LogP contribution in [0.5, 0.6) is 0 Å². The van der Waals surface area contributed by atoms with Crippen molar-refractivity contribution in [1.29, 1.82) is 5.26 Å². The van der Waals surface area contributed by atoms with E-state index < -0.39 is 0 Å². The van der Waals surface area contributed by atoms with Crippen molar-refractivity contribution in [3.05, 3.63) is 29.3 Å². The molecule has 1 aliphatic rings. The third-order valence-corrected chi connectivity index (χ3v) is 5.08. The minimum absolute atomic E-state index is 0.426. The van der Waals surface area contributed by atoms with Gasteiger partial charge in [-0.25, -0.2) is 0 Å². The Kier molecular flexibility index (Phi) is 3.63. The van der Waals surface area contributed by atoms with Gasteiger partial charge in [-0.15, -0.1) is 0 Å². The van der Waals surface area contributed by atoms with Crippen LogP contribution in [-0.4, -0.2) is 17.5 Å². The first-order valence-corrected chi connectivity index (χ1v) is 7.21. The number of benzene rings is 1. The van der Waals surface area contributed by atoms with Crippen molar-refractivity contribution in [1.82, 2.24) is 0 Å². The van der Waals surface area contributed by atoms with Crippen molar-refractivity contribution in [3.63, 3.8) is 0 Å². The molecule has 0 saturated heterocycles. The Morgan fingerprint density at radius 3 is 2.76 bits per heavy atom. The molecule has 90 valence electrons. The third kappa shape index (κ3) is 2.58. The van der Waals surface area contributed by atoms with Crippen LogP contribution >= 0.6 is 11.8 Å². The molecule has 0 amide bonds. The molecule has 0 unspecified atom stereocenters. The summed E-state index contributed by atoms with van der Waals surface area (Å²) in [5.41, 5.74) is 3.04. The number of aryl methyl sites for hydroxylation is 1. The van der Waals surface area contributed by atoms with Gasteiger partial charge in [0.1, 0.15) is 0 Å². The number of thioether (sulfide) groups is 1. The molecular weight excluding hydrogens is 228 g/mol. The topological polar surface area (TPSA) is 35.8 Å². The lowest BCUT2D eigenvalue weighted by atomic mass is 9.84. The highest BCUT2D eigenvalue weighted by Crippen LogP contribution is 2.42. The zero-order valence-corrected chi connectivity index (χ0v) is 11.2. The second-order valence-electron chi connectivity index (χ2n) is 4.74. The molecule has 0 aliphatic heterocycles. The molecule has 2 nitrogen and oxygen atoms in total. The van der Waals surface area contributed by atoms with Crippen molar-refractivity contribution >= 4 is 17.4 Å². The van der Waals surface area contributed by atoms with E-state index in [1.54, 1.807) is 0 Å². The van der Waals surface area contributed by atoms with Crippen LogP contribution in [0.3, 0.4) is 0 Å². The highest BCUT2D eigenvalue weighted by molar-refractivity contribution is 8.00. The summed E-state index contributed by atoms with van der Waals surface area (Å²) >= 11 is 1.97. The van der Waals surface area contributed by atoms with Gasteiger partial charge in [0.05, 0.1) is 11.6 Å². The second-order valence-corrected chi connectivity index (χ2v) is 6.01. The van der Waals surface area contributed by atoms with Crippen LogP contribution < -0.4 is 5.32 Å². The van der Waals surface area contributed by atoms with Crippen LogP contribution in [0.1, 0.15) is 30.4 Å². The Balaban J connectivity index is 2.06. The number of hydrogen-bond donors (Lipinski definition) is 1. The van der Waals surface area contributed by atoms with Gasteiger partial charge in [0.2, 0.25) is 0 Å². The van der Waals surface area contributed by atoms with Gasteiger partial charge in [-0.2, -0.15) is 17.0 Å². The number of nitrogens with one attached hydrogen (secondary N) is 1. The molecular formula is C14H18N2S. The van der Waals surface area contributed by atoms with Crippen LogP contribution in [0.2, 0.25) is 0 Å². The molecule has 1 aromatic rings. The van der Waals surface area contributed by atoms with Gasteiger partial charge in [0.15, 0.2) is 0 Å². The first-order valence-electron chi connectivity index (χ1n) is 5.99. The van der Waals surface area contributed by atoms with Crippen molar-refractivity contribution in [3.8, 4) is 6.07 Å². The molecule has 0 aromatic heterocycles. The molecule has 0 spiro atoms. The van der Waals surface area contributed by atoms with Crippen LogP contribution in [0.4, 0.5) is 5.69 Å². The van der Waals surface area contributed by atoms with Gasteiger partial charge in [-0.1, -0.05) is 12.5 Å². The van der Waals surface area contributed by atoms with E-state index in [1.807, 2.05) is 30.0 Å². The van der Waals surface area contributed by atoms with E-state index in [4.69, 9.17) is 5.26 Å². The number of rotatable bonds is 4. The summed E-state index contributed by atoms with van der Waals surface area (Å²) in [6, 6.07) is 8.01. The summed E-state index contributed by atoms with van der Waals surface area (Å²) in [5, 5.41) is 12.4. The van der Waals surface area contributed by atoms with Crippen LogP contribution in [0, 0.1) is 18.3 Å². The molecule has 1 aromatic carbocycles. The van der Waals surface area contributed by atoms with Gasteiger partial charge >= 0.3 is 0 Å². The zero-order chi connectivity index (χ0) is 12.3. The Bertz CT molecular complexity index is 439. The minimum atomic E-state index is 0.426. The van der Waals surface area contributed by atoms with Crippen molar-refractivity contribution < 1.29 is 0 Å². The Morgan fingerprint density at radius 2 is 2.24 bits per heavy atom. The lowest BCUT2D eigenvalue weighted by Gasteiger charge is -2.40. The fourth-order valence-corrected chi connectivity index (χ4v) is 3.08. The molecule has 3 heteroatoms. The quantitative estimate of drug-likeness (QED) is 0.882. The molecule has 0 radical (unpaired) electrons. The summed E-state index contributed by atoms with van der Waals surface area (Å²) in [4.78, 5) is 0. The van der Waals surface area contributed by atoms with E-state index in [0.29, 0.717) is 4.75 Å². The third-order valence-electron chi connectivity index (χ3n) is 3.67. The average Bonchev–Trinajstić information content (AvgIpc) is 2.30. The first-order chi connectivity index (χ1) is 8.19. The van der Waals surface area contributed by atoms with Crippen LogP contribution in [0.15, 0.2) is 18.2 Å². The minimum Gasteiger partial charge on any atom is -0.383 e. The van der Waals surface area contributed by atoms with E-state index in [1.165, 1.54) is 24.8 Å². The lowest BCUT2D eigenvalue weighted by Crippen LogP contribution is -2.40. The molecule has 1 aliphatic carbocycles. The highest BCUT2D eigenvalue weighted by atomic mass is 32.2. The van der Waals surface area contributed by atoms with Gasteiger partial charge in [-0.3, -0.25) is 0 Å². The number of nitrogens with zero attached hydrogens (tertiary/aromatic N) is 1. The van der Waals surface area contributed by atoms with Gasteiger partial charge < -0.3 is 5.32 Å². The number of anilines is 1. The fraction of sp³-hybridized carbons (Fsp3) is 0.500. The number of nitriles is 1. The average molecular weight is 246 g/mol. The van der Waals surface area contributed by atoms with E-state index >= 15 is 0 Å². The molecule has 0 bridgehead atoms. The molecule has 0 heterocycles. The van der Waals surface area contributed by atoms with E-state index in [2.05, 4.69) is 24.6 Å². The van der Waals surface area contributed by atoms with E-state index in [0.717, 1.165) is 17.8 Å². The van der Waals surface area contributed by atoms with E-state index in [9.17, 15) is 0 Å². The first kappa shape index (κ1) is 12.3. The largest absolute Gasteiger partial charge is 0.383 e. The molecule has 1 fully saturated rings. The molecule has 1 saturated carbocycles. The summed E-state index contributed by atoms with van der Waals surface area (Å²) in [6.07, 6.45) is 6.15. The molecule has 2 rings (SSSR count). The standard InChI is InChI=1S/C14H18N2S/c1-11-4-5-12(9-15)8-13(11)16-10-14(17-2)6-3-7-14/h4-5,8,16H,3,6-7,10H2,1-2H3. The Labute approximate surface area is 107 Å². The Morgan fingerprint density at radius 1 is 1.47 bits per heavy atom. The number of hydrogen-bond acceptors (Lipinski definition) is 3. The fourth-order valence-electron chi connectivity index (χ4n) is 2.16. The summed E-state index contributed by atoms with van der Waals surface area (Å²) in [7, 11) is 0. The smallest absolute Gasteiger partial charge is 0.0992 e. The maximum absolute atomic E-state index is 8.90. The summed E-state index contributed by atoms with van der Waals surface area (Å²) < 4.78 is 0.426. The van der Waals surface area contributed by atoms with E-state index in [-0.39, 0.29) is 0 Å². The zero-order valence-electron chi connectivity index (χ0n) is 10.4. The summed E-state index contributed by atoms with van der Waals surface area (Å²) in [5.74, 6) is 0. The lowest BCUT2D eigenvalue weighted by molar-refractivity contribution is 0.380. The Hall–Kier alpha value is -1.14. The van der Waals surface area contributed by atoms with Crippen LogP contribution in [0.25, 0.3) is 0 Å². The van der Waals surface area contributed by atoms with Gasteiger partial charge in [0.25, 0.3) is 0 Å². The maximum atomic E-state index is 8.90. The molecule has 0 atom stereocenters. The SMILES string of the molecule is CSC1(CNc2cc(C#N)ccc2C)CCC1. The van der Waals surface area contributed by atoms with Gasteiger partial charge in [0, 0.05) is 17.0 Å². The van der Waals surface area contributed by atoms with Crippen molar-refractivity contribution in [2.75, 3.05) is 18.1 Å². The predicted molar refractivity (Wildman–Crippen MR) is 74.5 cm³/mol. The molecule has 1 N–H and O–H groups in total. The summed E-state index contributed by atoms with van der Waals surface area (Å²) in [6.45, 7) is 3.08. The second kappa shape index (κ2) is 5.01. The normalized spacial score (nSPS) is 17.0. The maximum Gasteiger partial charge on any atom is 0.0992 e. The van der Waals surface area contributed by atoms with Crippen molar-refractivity contribution in [2.45, 2.75) is 30.9 Å². The van der Waals surface area contributed by atoms with Gasteiger partial charge in [-0.05, 0) is 43.7 Å². The van der Waals surface area contributed by atoms with Crippen LogP contribution in [-0.2, 0) is 0 Å². The highest BCUT2D eigenvalue weighted by Gasteiger charge is 2.35.